The number of hydrogen-bond acceptors (Lipinski definition) is 0. The van der Waals surface area contributed by atoms with Gasteiger partial charge in [-0.2, -0.15) is 0 Å². The van der Waals surface area contributed by atoms with E-state index < -0.39 is 0 Å². The van der Waals surface area contributed by atoms with Gasteiger partial charge in [0.05, 0.1) is 56.4 Å². The second kappa shape index (κ2) is 8.11. The van der Waals surface area contributed by atoms with Crippen molar-refractivity contribution in [3.05, 3.63) is 0 Å². The van der Waals surface area contributed by atoms with Crippen LogP contribution < -0.4 is 24.8 Å². The molecular weight excluding hydrogens is 195 g/mol. The molecule has 0 aromatic rings. The van der Waals surface area contributed by atoms with Crippen LogP contribution in [0.5, 0.6) is 0 Å². The molecule has 2 nitrogen and oxygen atoms in total. The largest absolute Gasteiger partial charge is 1.00 e. The van der Waals surface area contributed by atoms with E-state index in [-0.39, 0.29) is 24.8 Å². The molecule has 0 amide bonds. The Morgan fingerprint density at radius 3 is 0.417 bits per heavy atom. The van der Waals surface area contributed by atoms with Crippen LogP contribution in [0.3, 0.4) is 0 Å². The molecule has 0 aliphatic heterocycles. The minimum atomic E-state index is 0. The van der Waals surface area contributed by atoms with Gasteiger partial charge >= 0.3 is 0 Å². The third kappa shape index (κ3) is 3790. The molecule has 0 N–H and O–H groups in total. The van der Waals surface area contributed by atoms with Crippen molar-refractivity contribution in [2.75, 3.05) is 56.4 Å². The molecule has 0 saturated carbocycles. The summed E-state index contributed by atoms with van der Waals surface area (Å²) in [4.78, 5) is 0. The summed E-state index contributed by atoms with van der Waals surface area (Å²) < 4.78 is 2.00. The average Bonchev–Trinajstić information content (AvgIpc) is 1.12. The highest BCUT2D eigenvalue weighted by Gasteiger charge is 1.88. The van der Waals surface area contributed by atoms with Gasteiger partial charge in [-0.05, 0) is 0 Å². The Bertz CT molecular complexity index is 58.0. The second-order valence-electron chi connectivity index (χ2n) is 5.37. The molecule has 0 unspecified atom stereocenters. The lowest BCUT2D eigenvalue weighted by atomic mass is 10.8. The van der Waals surface area contributed by atoms with Crippen molar-refractivity contribution >= 4 is 0 Å². The summed E-state index contributed by atoms with van der Waals surface area (Å²) in [5, 5.41) is 0. The lowest BCUT2D eigenvalue weighted by Crippen LogP contribution is -3.00. The Morgan fingerprint density at radius 2 is 0.417 bits per heavy atom. The van der Waals surface area contributed by atoms with Crippen molar-refractivity contribution in [1.82, 2.24) is 0 Å². The van der Waals surface area contributed by atoms with Crippen molar-refractivity contribution in [2.45, 2.75) is 0 Å². The predicted octanol–water partition coefficient (Wildman–Crippen LogP) is -5.35. The Balaban J connectivity index is -0.0000000457. The van der Waals surface area contributed by atoms with Gasteiger partial charge < -0.3 is 33.8 Å². The first-order valence-electron chi connectivity index (χ1n) is 3.58. The summed E-state index contributed by atoms with van der Waals surface area (Å²) in [6.45, 7) is 0. The van der Waals surface area contributed by atoms with Gasteiger partial charge in [0.15, 0.2) is 0 Å². The smallest absolute Gasteiger partial charge is 0.0675 e. The maximum Gasteiger partial charge on any atom is 0.0675 e. The van der Waals surface area contributed by atoms with E-state index in [9.17, 15) is 0 Å². The maximum atomic E-state index is 2.12. The van der Waals surface area contributed by atoms with E-state index in [2.05, 4.69) is 56.4 Å². The first-order valence-corrected chi connectivity index (χ1v) is 3.58. The first kappa shape index (κ1) is 22.9. The minimum absolute atomic E-state index is 0. The third-order valence-corrected chi connectivity index (χ3v) is 0. The number of hydrogen-bond donors (Lipinski definition) is 0. The highest BCUT2D eigenvalue weighted by atomic mass is 35.5. The quantitative estimate of drug-likeness (QED) is 0.357. The zero-order valence-corrected chi connectivity index (χ0v) is 11.2. The van der Waals surface area contributed by atoms with Crippen LogP contribution in [0.15, 0.2) is 0 Å². The van der Waals surface area contributed by atoms with E-state index in [4.69, 9.17) is 0 Å². The highest BCUT2D eigenvalue weighted by Crippen LogP contribution is 1.74. The van der Waals surface area contributed by atoms with Crippen molar-refractivity contribution in [3.63, 3.8) is 0 Å². The summed E-state index contributed by atoms with van der Waals surface area (Å²) in [6, 6.07) is 0. The Hall–Kier alpha value is 0.500. The fraction of sp³-hybridized carbons (Fsp3) is 1.00. The van der Waals surface area contributed by atoms with E-state index in [0.717, 1.165) is 8.97 Å². The Kier molecular flexibility index (Phi) is 15.5. The van der Waals surface area contributed by atoms with Gasteiger partial charge in [-0.3, -0.25) is 0 Å². The summed E-state index contributed by atoms with van der Waals surface area (Å²) >= 11 is 0. The average molecular weight is 219 g/mol. The lowest BCUT2D eigenvalue weighted by Gasteiger charge is -2.14. The molecule has 4 heteroatoms. The van der Waals surface area contributed by atoms with Crippen LogP contribution in [0.1, 0.15) is 0 Å². The molecule has 0 heterocycles. The van der Waals surface area contributed by atoms with Crippen LogP contribution in [0.4, 0.5) is 0 Å². The standard InChI is InChI=1S/2C4H12N.2ClH/c2*1-5(2,3)4;;/h2*1-4H3;2*1H/q2*+1;;/p-2. The summed E-state index contributed by atoms with van der Waals surface area (Å²) in [7, 11) is 17.0. The fourth-order valence-corrected chi connectivity index (χ4v) is 0. The van der Waals surface area contributed by atoms with Crippen molar-refractivity contribution in [1.29, 1.82) is 0 Å². The van der Waals surface area contributed by atoms with Crippen LogP contribution >= 0.6 is 0 Å². The monoisotopic (exact) mass is 218 g/mol. The van der Waals surface area contributed by atoms with Crippen LogP contribution in [0.25, 0.3) is 0 Å². The van der Waals surface area contributed by atoms with Gasteiger partial charge in [0, 0.05) is 0 Å². The third-order valence-electron chi connectivity index (χ3n) is 0. The van der Waals surface area contributed by atoms with Gasteiger partial charge in [0.1, 0.15) is 0 Å². The molecule has 0 aliphatic carbocycles. The molecule has 0 rings (SSSR count). The summed E-state index contributed by atoms with van der Waals surface area (Å²) in [6.07, 6.45) is 0. The maximum absolute atomic E-state index is 2.12. The SMILES string of the molecule is C[N+](C)(C)C.C[N+](C)(C)C.[Cl-].[Cl-]. The van der Waals surface area contributed by atoms with E-state index in [1.807, 2.05) is 0 Å². The number of halogens is 2. The van der Waals surface area contributed by atoms with Gasteiger partial charge in [-0.25, -0.2) is 0 Å². The normalized spacial score (nSPS) is 10.0. The fourth-order valence-electron chi connectivity index (χ4n) is 0. The minimum Gasteiger partial charge on any atom is -1.00 e. The molecule has 80 valence electrons. The first-order chi connectivity index (χ1) is 4.00. The van der Waals surface area contributed by atoms with Gasteiger partial charge in [-0.15, -0.1) is 0 Å². The van der Waals surface area contributed by atoms with Crippen LogP contribution in [0.2, 0.25) is 0 Å². The lowest BCUT2D eigenvalue weighted by molar-refractivity contribution is -0.849. The van der Waals surface area contributed by atoms with Gasteiger partial charge in [0.2, 0.25) is 0 Å². The van der Waals surface area contributed by atoms with Crippen molar-refractivity contribution in [2.24, 2.45) is 0 Å². The van der Waals surface area contributed by atoms with Gasteiger partial charge in [-0.1, -0.05) is 0 Å². The zero-order valence-electron chi connectivity index (χ0n) is 9.65. The Labute approximate surface area is 90.5 Å². The predicted molar refractivity (Wildman–Crippen MR) is 47.9 cm³/mol. The molecule has 0 fully saturated rings. The number of nitrogens with zero attached hydrogens (tertiary/aromatic N) is 2. The second-order valence-corrected chi connectivity index (χ2v) is 5.37. The van der Waals surface area contributed by atoms with E-state index in [1.165, 1.54) is 0 Å². The van der Waals surface area contributed by atoms with E-state index >= 15 is 0 Å². The number of rotatable bonds is 0. The molecule has 0 bridgehead atoms. The molecule has 0 spiro atoms. The van der Waals surface area contributed by atoms with Crippen molar-refractivity contribution < 1.29 is 33.8 Å². The zero-order chi connectivity index (χ0) is 9.00. The van der Waals surface area contributed by atoms with Gasteiger partial charge in [0.25, 0.3) is 0 Å². The number of quaternary nitrogens is 2. The molecule has 0 atom stereocenters. The molecule has 0 radical (unpaired) electrons. The van der Waals surface area contributed by atoms with E-state index in [0.29, 0.717) is 0 Å². The van der Waals surface area contributed by atoms with E-state index in [1.54, 1.807) is 0 Å². The molecular formula is C8H24Cl2N2. The molecule has 0 saturated heterocycles. The molecule has 12 heavy (non-hydrogen) atoms. The molecule has 0 aromatic heterocycles. The van der Waals surface area contributed by atoms with Crippen LogP contribution in [-0.2, 0) is 0 Å². The highest BCUT2D eigenvalue weighted by molar-refractivity contribution is 3.87. The molecule has 0 aliphatic rings. The van der Waals surface area contributed by atoms with Crippen molar-refractivity contribution in [3.8, 4) is 0 Å². The van der Waals surface area contributed by atoms with Crippen LogP contribution in [0, 0.1) is 0 Å². The van der Waals surface area contributed by atoms with Crippen LogP contribution in [-0.4, -0.2) is 65.3 Å². The topological polar surface area (TPSA) is 0 Å². The summed E-state index contributed by atoms with van der Waals surface area (Å²) in [5.74, 6) is 0. The Morgan fingerprint density at radius 1 is 0.417 bits per heavy atom. The molecule has 0 aromatic carbocycles. The summed E-state index contributed by atoms with van der Waals surface area (Å²) in [5.41, 5.74) is 0.